The Hall–Kier alpha value is -5.78. The summed E-state index contributed by atoms with van der Waals surface area (Å²) in [7, 11) is 1.45. The SMILES string of the molecule is CN1c2ccccc2B2c3ccccc3N(C)c3cc([Si](c4ccccc4)(c4ccccc4)n4c5ccccc5c5ccccc54)cc1c32. The van der Waals surface area contributed by atoms with Crippen LogP contribution in [0.3, 0.4) is 0 Å². The van der Waals surface area contributed by atoms with Gasteiger partial charge in [-0.15, -0.1) is 0 Å². The molecule has 3 heterocycles. The lowest BCUT2D eigenvalue weighted by Gasteiger charge is -2.44. The number of aromatic nitrogens is 1. The average Bonchev–Trinajstić information content (AvgIpc) is 3.50. The largest absolute Gasteiger partial charge is 0.355 e. The van der Waals surface area contributed by atoms with E-state index in [0.29, 0.717) is 0 Å². The highest BCUT2D eigenvalue weighted by Crippen LogP contribution is 2.37. The molecular weight excluding hydrogens is 609 g/mol. The summed E-state index contributed by atoms with van der Waals surface area (Å²) in [5.41, 5.74) is 11.8. The van der Waals surface area contributed by atoms with Crippen molar-refractivity contribution in [2.45, 2.75) is 0 Å². The third-order valence-electron chi connectivity index (χ3n) is 11.1. The fourth-order valence-corrected chi connectivity index (χ4v) is 14.0. The summed E-state index contributed by atoms with van der Waals surface area (Å²) < 4.78 is 2.75. The molecule has 0 radical (unpaired) electrons. The minimum Gasteiger partial charge on any atom is -0.355 e. The number of hydrogen-bond acceptors (Lipinski definition) is 2. The summed E-state index contributed by atoms with van der Waals surface area (Å²) in [5, 5.41) is 6.65. The van der Waals surface area contributed by atoms with Gasteiger partial charge in [0.2, 0.25) is 0 Å². The van der Waals surface area contributed by atoms with Gasteiger partial charge in [-0.3, -0.25) is 0 Å². The lowest BCUT2D eigenvalue weighted by atomic mass is 9.33. The minimum atomic E-state index is -3.06. The smallest absolute Gasteiger partial charge is 0.257 e. The summed E-state index contributed by atoms with van der Waals surface area (Å²) in [4.78, 5) is 4.88. The second-order valence-electron chi connectivity index (χ2n) is 13.4. The van der Waals surface area contributed by atoms with E-state index in [1.165, 1.54) is 76.5 Å². The second kappa shape index (κ2) is 10.6. The number of benzene rings is 7. The van der Waals surface area contributed by atoms with Crippen LogP contribution in [0, 0.1) is 0 Å². The predicted molar refractivity (Wildman–Crippen MR) is 212 cm³/mol. The molecule has 8 aromatic rings. The number of anilines is 4. The van der Waals surface area contributed by atoms with Crippen LogP contribution in [0.25, 0.3) is 21.8 Å². The number of nitrogens with zero attached hydrogens (tertiary/aromatic N) is 3. The van der Waals surface area contributed by atoms with Crippen molar-refractivity contribution in [2.24, 2.45) is 0 Å². The van der Waals surface area contributed by atoms with E-state index in [-0.39, 0.29) is 6.71 Å². The maximum atomic E-state index is 2.75. The van der Waals surface area contributed by atoms with Crippen molar-refractivity contribution in [1.82, 2.24) is 4.23 Å². The Morgan fingerprint density at radius 2 is 0.816 bits per heavy atom. The maximum absolute atomic E-state index is 3.06. The number of rotatable bonds is 4. The standard InChI is InChI=1S/C44H34BN3Si/c1-46-40-27-15-11-23-36(40)45-37-24-12-16-28-41(37)47(2)43-30-33(29-42(46)44(43)45)49(31-17-5-3-6-18-31,32-19-7-4-8-20-32)48-38-25-13-9-21-34(38)35-22-10-14-26-39(35)48/h3-30H,1-2H3. The lowest BCUT2D eigenvalue weighted by Crippen LogP contribution is -2.73. The van der Waals surface area contributed by atoms with Crippen molar-refractivity contribution < 1.29 is 0 Å². The van der Waals surface area contributed by atoms with Gasteiger partial charge in [-0.2, -0.15) is 0 Å². The Balaban J connectivity index is 1.40. The van der Waals surface area contributed by atoms with Crippen molar-refractivity contribution in [3.63, 3.8) is 0 Å². The van der Waals surface area contributed by atoms with Gasteiger partial charge in [-0.1, -0.05) is 133 Å². The van der Waals surface area contributed by atoms with Crippen molar-refractivity contribution in [3.8, 4) is 0 Å². The molecule has 0 saturated heterocycles. The molecule has 232 valence electrons. The first-order valence-electron chi connectivity index (χ1n) is 17.1. The topological polar surface area (TPSA) is 11.4 Å². The van der Waals surface area contributed by atoms with Crippen molar-refractivity contribution in [1.29, 1.82) is 0 Å². The zero-order valence-corrected chi connectivity index (χ0v) is 28.6. The first-order valence-corrected chi connectivity index (χ1v) is 19.1. The van der Waals surface area contributed by atoms with Crippen LogP contribution in [0.1, 0.15) is 0 Å². The van der Waals surface area contributed by atoms with Gasteiger partial charge in [-0.05, 0) is 68.3 Å². The molecule has 0 fully saturated rings. The van der Waals surface area contributed by atoms with E-state index in [2.05, 4.69) is 198 Å². The molecule has 5 heteroatoms. The highest BCUT2D eigenvalue weighted by Gasteiger charge is 2.47. The first-order chi connectivity index (χ1) is 24.2. The molecular formula is C44H34BN3Si. The van der Waals surface area contributed by atoms with Gasteiger partial charge < -0.3 is 14.0 Å². The molecule has 0 spiro atoms. The normalized spacial score (nSPS) is 13.4. The molecule has 2 aliphatic heterocycles. The molecule has 3 nitrogen and oxygen atoms in total. The van der Waals surface area contributed by atoms with E-state index in [0.717, 1.165) is 0 Å². The van der Waals surface area contributed by atoms with Gasteiger partial charge in [0, 0.05) is 58.7 Å². The molecule has 10 rings (SSSR count). The van der Waals surface area contributed by atoms with Crippen LogP contribution >= 0.6 is 0 Å². The van der Waals surface area contributed by atoms with Gasteiger partial charge in [0.15, 0.2) is 0 Å². The number of hydrogen-bond donors (Lipinski definition) is 0. The van der Waals surface area contributed by atoms with Crippen molar-refractivity contribution in [2.75, 3.05) is 23.9 Å². The fourth-order valence-electron chi connectivity index (χ4n) is 9.02. The number of fused-ring (bicyclic) bond motifs is 7. The highest BCUT2D eigenvalue weighted by atomic mass is 28.3. The monoisotopic (exact) mass is 643 g/mol. The first kappa shape index (κ1) is 28.3. The summed E-state index contributed by atoms with van der Waals surface area (Å²) in [6.07, 6.45) is 0. The molecule has 2 aliphatic rings. The summed E-state index contributed by atoms with van der Waals surface area (Å²) >= 11 is 0. The maximum Gasteiger partial charge on any atom is 0.257 e. The lowest BCUT2D eigenvalue weighted by molar-refractivity contribution is 1.18. The van der Waals surface area contributed by atoms with E-state index in [1.807, 2.05) is 0 Å². The predicted octanol–water partition coefficient (Wildman–Crippen LogP) is 5.99. The Labute approximate surface area is 288 Å². The quantitative estimate of drug-likeness (QED) is 0.173. The van der Waals surface area contributed by atoms with Crippen LogP contribution in [-0.4, -0.2) is 33.3 Å². The van der Waals surface area contributed by atoms with Crippen molar-refractivity contribution in [3.05, 3.63) is 170 Å². The Morgan fingerprint density at radius 3 is 1.31 bits per heavy atom. The van der Waals surface area contributed by atoms with Crippen molar-refractivity contribution >= 4 is 91.5 Å². The van der Waals surface area contributed by atoms with Gasteiger partial charge >= 0.3 is 0 Å². The molecule has 49 heavy (non-hydrogen) atoms. The third-order valence-corrected chi connectivity index (χ3v) is 15.7. The molecule has 0 N–H and O–H groups in total. The summed E-state index contributed by atoms with van der Waals surface area (Å²) in [6.45, 7) is 0.164. The zero-order valence-electron chi connectivity index (χ0n) is 27.6. The van der Waals surface area contributed by atoms with E-state index in [4.69, 9.17) is 0 Å². The van der Waals surface area contributed by atoms with E-state index in [9.17, 15) is 0 Å². The molecule has 0 unspecified atom stereocenters. The van der Waals surface area contributed by atoms with E-state index < -0.39 is 8.24 Å². The molecule has 7 aromatic carbocycles. The Bertz CT molecular complexity index is 2390. The van der Waals surface area contributed by atoms with Crippen LogP contribution < -0.4 is 41.7 Å². The molecule has 0 atom stereocenters. The average molecular weight is 644 g/mol. The highest BCUT2D eigenvalue weighted by molar-refractivity contribution is 7.11. The zero-order chi connectivity index (χ0) is 32.7. The van der Waals surface area contributed by atoms with Crippen LogP contribution in [0.4, 0.5) is 22.7 Å². The van der Waals surface area contributed by atoms with Gasteiger partial charge in [-0.25, -0.2) is 0 Å². The summed E-state index contributed by atoms with van der Waals surface area (Å²) in [5.74, 6) is 0. The second-order valence-corrected chi connectivity index (χ2v) is 17.0. The third kappa shape index (κ3) is 3.79. The molecule has 0 aliphatic carbocycles. The van der Waals surface area contributed by atoms with Crippen LogP contribution in [-0.2, 0) is 0 Å². The van der Waals surface area contributed by atoms with E-state index >= 15 is 0 Å². The summed E-state index contributed by atoms with van der Waals surface area (Å²) in [6, 6.07) is 63.7. The molecule has 0 amide bonds. The van der Waals surface area contributed by atoms with Crippen LogP contribution in [0.2, 0.25) is 0 Å². The van der Waals surface area contributed by atoms with Gasteiger partial charge in [0.05, 0.1) is 0 Å². The van der Waals surface area contributed by atoms with E-state index in [1.54, 1.807) is 0 Å². The minimum absolute atomic E-state index is 0.164. The Kier molecular flexibility index (Phi) is 6.12. The molecule has 1 aromatic heterocycles. The molecule has 0 bridgehead atoms. The molecule has 0 saturated carbocycles. The fraction of sp³-hybridized carbons (Fsp3) is 0.0455. The number of para-hydroxylation sites is 4. The van der Waals surface area contributed by atoms with Gasteiger partial charge in [0.25, 0.3) is 14.9 Å². The Morgan fingerprint density at radius 1 is 0.408 bits per heavy atom. The van der Waals surface area contributed by atoms with Crippen LogP contribution in [0.15, 0.2) is 170 Å². The van der Waals surface area contributed by atoms with Gasteiger partial charge in [0.1, 0.15) is 0 Å². The van der Waals surface area contributed by atoms with Crippen LogP contribution in [0.5, 0.6) is 0 Å².